The molecule has 1 fully saturated rings. The Bertz CT molecular complexity index is 607. The van der Waals surface area contributed by atoms with E-state index in [0.717, 1.165) is 31.0 Å². The van der Waals surface area contributed by atoms with E-state index in [1.165, 1.54) is 0 Å². The van der Waals surface area contributed by atoms with Crippen molar-refractivity contribution in [1.29, 1.82) is 0 Å². The molecule has 1 N–H and O–H groups in total. The molecule has 0 amide bonds. The lowest BCUT2D eigenvalue weighted by Gasteiger charge is -2.24. The van der Waals surface area contributed by atoms with Crippen molar-refractivity contribution in [2.24, 2.45) is 0 Å². The van der Waals surface area contributed by atoms with Gasteiger partial charge in [-0.2, -0.15) is 4.98 Å². The zero-order valence-corrected chi connectivity index (χ0v) is 10.9. The first kappa shape index (κ1) is 11.7. The number of fused-ring (bicyclic) bond motifs is 1. The molecule has 0 saturated carbocycles. The molecule has 3 heterocycles. The summed E-state index contributed by atoms with van der Waals surface area (Å²) in [5.74, 6) is 3.03. The zero-order chi connectivity index (χ0) is 13.4. The molecular formula is C14H15N3O3. The summed E-state index contributed by atoms with van der Waals surface area (Å²) in [4.78, 5) is 4.47. The SMILES string of the molecule is c1ccc2c(c1)OCC(c1noc(C3CCNC3)n1)O2. The van der Waals surface area contributed by atoms with Crippen molar-refractivity contribution in [3.8, 4) is 11.5 Å². The molecule has 0 radical (unpaired) electrons. The Balaban J connectivity index is 1.54. The van der Waals surface area contributed by atoms with E-state index in [1.807, 2.05) is 24.3 Å². The average molecular weight is 273 g/mol. The fourth-order valence-electron chi connectivity index (χ4n) is 2.56. The lowest BCUT2D eigenvalue weighted by Crippen LogP contribution is -2.22. The summed E-state index contributed by atoms with van der Waals surface area (Å²) in [6.07, 6.45) is 0.726. The molecule has 4 rings (SSSR count). The third kappa shape index (κ3) is 2.02. The molecule has 2 aliphatic rings. The van der Waals surface area contributed by atoms with Crippen LogP contribution < -0.4 is 14.8 Å². The Kier molecular flexibility index (Phi) is 2.81. The molecule has 2 atom stereocenters. The second-order valence-electron chi connectivity index (χ2n) is 5.04. The first-order chi connectivity index (χ1) is 9.90. The van der Waals surface area contributed by atoms with Gasteiger partial charge >= 0.3 is 0 Å². The normalized spacial score (nSPS) is 24.8. The summed E-state index contributed by atoms with van der Waals surface area (Å²) >= 11 is 0. The van der Waals surface area contributed by atoms with Crippen LogP contribution >= 0.6 is 0 Å². The number of nitrogens with zero attached hydrogens (tertiary/aromatic N) is 2. The molecule has 2 unspecified atom stereocenters. The number of nitrogens with one attached hydrogen (secondary N) is 1. The topological polar surface area (TPSA) is 69.4 Å². The van der Waals surface area contributed by atoms with Crippen molar-refractivity contribution in [2.75, 3.05) is 19.7 Å². The van der Waals surface area contributed by atoms with Crippen LogP contribution in [-0.2, 0) is 0 Å². The summed E-state index contributed by atoms with van der Waals surface area (Å²) in [6, 6.07) is 7.60. The lowest BCUT2D eigenvalue weighted by atomic mass is 10.1. The predicted octanol–water partition coefficient (Wildman–Crippen LogP) is 1.66. The van der Waals surface area contributed by atoms with Crippen LogP contribution in [0.1, 0.15) is 30.2 Å². The van der Waals surface area contributed by atoms with Gasteiger partial charge in [0.1, 0.15) is 6.61 Å². The molecular weight excluding hydrogens is 258 g/mol. The van der Waals surface area contributed by atoms with Crippen molar-refractivity contribution in [3.63, 3.8) is 0 Å². The molecule has 1 saturated heterocycles. The highest BCUT2D eigenvalue weighted by Gasteiger charge is 2.29. The lowest BCUT2D eigenvalue weighted by molar-refractivity contribution is 0.0832. The third-order valence-corrected chi connectivity index (χ3v) is 3.66. The van der Waals surface area contributed by atoms with Gasteiger partial charge in [-0.15, -0.1) is 0 Å². The van der Waals surface area contributed by atoms with Gasteiger partial charge in [0.05, 0.1) is 5.92 Å². The first-order valence-electron chi connectivity index (χ1n) is 6.83. The molecule has 0 aliphatic carbocycles. The first-order valence-corrected chi connectivity index (χ1v) is 6.83. The number of hydrogen-bond acceptors (Lipinski definition) is 6. The largest absolute Gasteiger partial charge is 0.485 e. The average Bonchev–Trinajstić information content (AvgIpc) is 3.17. The van der Waals surface area contributed by atoms with Crippen molar-refractivity contribution < 1.29 is 14.0 Å². The number of ether oxygens (including phenoxy) is 2. The molecule has 1 aromatic carbocycles. The van der Waals surface area contributed by atoms with E-state index < -0.39 is 0 Å². The molecule has 104 valence electrons. The number of aromatic nitrogens is 2. The Morgan fingerprint density at radius 3 is 2.95 bits per heavy atom. The minimum atomic E-state index is -0.309. The predicted molar refractivity (Wildman–Crippen MR) is 69.8 cm³/mol. The van der Waals surface area contributed by atoms with E-state index >= 15 is 0 Å². The quantitative estimate of drug-likeness (QED) is 0.897. The van der Waals surface area contributed by atoms with Crippen molar-refractivity contribution in [2.45, 2.75) is 18.4 Å². The van der Waals surface area contributed by atoms with E-state index in [-0.39, 0.29) is 6.10 Å². The third-order valence-electron chi connectivity index (χ3n) is 3.66. The van der Waals surface area contributed by atoms with Gasteiger partial charge in [-0.1, -0.05) is 17.3 Å². The van der Waals surface area contributed by atoms with Gasteiger partial charge in [0.2, 0.25) is 11.7 Å². The van der Waals surface area contributed by atoms with E-state index in [1.54, 1.807) is 0 Å². The summed E-state index contributed by atoms with van der Waals surface area (Å²) in [5, 5.41) is 7.33. The highest BCUT2D eigenvalue weighted by atomic mass is 16.6. The minimum Gasteiger partial charge on any atom is -0.485 e. The van der Waals surface area contributed by atoms with Crippen LogP contribution in [-0.4, -0.2) is 29.8 Å². The maximum absolute atomic E-state index is 5.87. The van der Waals surface area contributed by atoms with Crippen LogP contribution in [0.4, 0.5) is 0 Å². The van der Waals surface area contributed by atoms with Gasteiger partial charge in [-0.25, -0.2) is 0 Å². The molecule has 2 aromatic rings. The van der Waals surface area contributed by atoms with Gasteiger partial charge in [0, 0.05) is 6.54 Å². The van der Waals surface area contributed by atoms with Gasteiger partial charge in [-0.05, 0) is 25.1 Å². The van der Waals surface area contributed by atoms with Crippen LogP contribution in [0.3, 0.4) is 0 Å². The van der Waals surface area contributed by atoms with Crippen molar-refractivity contribution >= 4 is 0 Å². The molecule has 0 bridgehead atoms. The number of hydrogen-bond donors (Lipinski definition) is 1. The fraction of sp³-hybridized carbons (Fsp3) is 0.429. The molecule has 6 nitrogen and oxygen atoms in total. The minimum absolute atomic E-state index is 0.309. The van der Waals surface area contributed by atoms with Gasteiger partial charge < -0.3 is 19.3 Å². The Labute approximate surface area is 116 Å². The summed E-state index contributed by atoms with van der Waals surface area (Å²) in [7, 11) is 0. The van der Waals surface area contributed by atoms with E-state index in [9.17, 15) is 0 Å². The fourth-order valence-corrected chi connectivity index (χ4v) is 2.56. The summed E-state index contributed by atoms with van der Waals surface area (Å²) < 4.78 is 16.9. The highest BCUT2D eigenvalue weighted by Crippen LogP contribution is 2.35. The van der Waals surface area contributed by atoms with E-state index in [0.29, 0.717) is 24.2 Å². The zero-order valence-electron chi connectivity index (χ0n) is 10.9. The van der Waals surface area contributed by atoms with Gasteiger partial charge in [-0.3, -0.25) is 0 Å². The second-order valence-corrected chi connectivity index (χ2v) is 5.04. The van der Waals surface area contributed by atoms with E-state index in [4.69, 9.17) is 14.0 Å². The summed E-state index contributed by atoms with van der Waals surface area (Å²) in [6.45, 7) is 2.30. The molecule has 1 aromatic heterocycles. The summed E-state index contributed by atoms with van der Waals surface area (Å²) in [5.41, 5.74) is 0. The van der Waals surface area contributed by atoms with Crippen LogP contribution in [0.5, 0.6) is 11.5 Å². The van der Waals surface area contributed by atoms with Crippen LogP contribution in [0, 0.1) is 0 Å². The maximum Gasteiger partial charge on any atom is 0.231 e. The smallest absolute Gasteiger partial charge is 0.231 e. The number of rotatable bonds is 2. The van der Waals surface area contributed by atoms with Gasteiger partial charge in [0.25, 0.3) is 0 Å². The standard InChI is InChI=1S/C14H15N3O3/c1-2-4-11-10(3-1)18-8-12(19-11)13-16-14(20-17-13)9-5-6-15-7-9/h1-4,9,12,15H,5-8H2. The van der Waals surface area contributed by atoms with Crippen LogP contribution in [0.2, 0.25) is 0 Å². The Morgan fingerprint density at radius 2 is 2.10 bits per heavy atom. The van der Waals surface area contributed by atoms with Crippen LogP contribution in [0.15, 0.2) is 28.8 Å². The maximum atomic E-state index is 5.87. The molecule has 2 aliphatic heterocycles. The number of para-hydroxylation sites is 2. The van der Waals surface area contributed by atoms with Crippen molar-refractivity contribution in [3.05, 3.63) is 36.0 Å². The monoisotopic (exact) mass is 273 g/mol. The van der Waals surface area contributed by atoms with Crippen LogP contribution in [0.25, 0.3) is 0 Å². The second kappa shape index (κ2) is 4.79. The van der Waals surface area contributed by atoms with Gasteiger partial charge in [0.15, 0.2) is 17.6 Å². The van der Waals surface area contributed by atoms with E-state index in [2.05, 4.69) is 15.5 Å². The Morgan fingerprint density at radius 1 is 1.20 bits per heavy atom. The number of benzene rings is 1. The highest BCUT2D eigenvalue weighted by molar-refractivity contribution is 5.40. The van der Waals surface area contributed by atoms with Crippen molar-refractivity contribution in [1.82, 2.24) is 15.5 Å². The Hall–Kier alpha value is -2.08. The molecule has 0 spiro atoms. The molecule has 6 heteroatoms. The molecule has 20 heavy (non-hydrogen) atoms.